The molecule has 1 N–H and O–H groups in total. The van der Waals surface area contributed by atoms with Gasteiger partial charge in [-0.3, -0.25) is 0 Å². The van der Waals surface area contributed by atoms with Gasteiger partial charge in [0.05, 0.1) is 12.0 Å². The van der Waals surface area contributed by atoms with Gasteiger partial charge in [0.25, 0.3) is 0 Å². The monoisotopic (exact) mass is 371 g/mol. The summed E-state index contributed by atoms with van der Waals surface area (Å²) in [5.41, 5.74) is 1.39. The minimum absolute atomic E-state index is 0.0631. The first-order valence-electron chi connectivity index (χ1n) is 7.50. The fourth-order valence-corrected chi connectivity index (χ4v) is 3.55. The third kappa shape index (κ3) is 5.40. The molecule has 0 saturated carbocycles. The van der Waals surface area contributed by atoms with Crippen molar-refractivity contribution in [2.75, 3.05) is 13.7 Å². The van der Waals surface area contributed by atoms with Gasteiger partial charge in [-0.25, -0.2) is 13.1 Å². The second kappa shape index (κ2) is 8.26. The van der Waals surface area contributed by atoms with E-state index in [-0.39, 0.29) is 17.2 Å². The molecule has 0 aliphatic heterocycles. The number of methoxy groups -OCH3 is 1. The van der Waals surface area contributed by atoms with Gasteiger partial charge in [0.2, 0.25) is 10.0 Å². The van der Waals surface area contributed by atoms with Crippen LogP contribution in [0.4, 0.5) is 8.78 Å². The first-order chi connectivity index (χ1) is 11.8. The predicted octanol–water partition coefficient (Wildman–Crippen LogP) is 3.13. The van der Waals surface area contributed by atoms with Crippen molar-refractivity contribution in [1.82, 2.24) is 4.72 Å². The molecule has 0 saturated heterocycles. The molecule has 25 heavy (non-hydrogen) atoms. The Balaban J connectivity index is 1.96. The van der Waals surface area contributed by atoms with Crippen LogP contribution in [-0.2, 0) is 16.4 Å². The summed E-state index contributed by atoms with van der Waals surface area (Å²) in [7, 11) is -2.13. The lowest BCUT2D eigenvalue weighted by atomic mass is 10.1. The molecule has 8 heteroatoms. The number of hydrogen-bond donors (Lipinski definition) is 1. The summed E-state index contributed by atoms with van der Waals surface area (Å²) in [4.78, 5) is 0.189. The summed E-state index contributed by atoms with van der Waals surface area (Å²) in [6.45, 7) is -0.993. The Morgan fingerprint density at radius 2 is 1.72 bits per heavy atom. The highest BCUT2D eigenvalue weighted by Crippen LogP contribution is 2.21. The number of hydrogen-bond acceptors (Lipinski definition) is 4. The number of nitrogens with one attached hydrogen (secondary N) is 1. The van der Waals surface area contributed by atoms with E-state index in [4.69, 9.17) is 4.74 Å². The molecule has 136 valence electrons. The Kier molecular flexibility index (Phi) is 6.33. The van der Waals surface area contributed by atoms with Gasteiger partial charge >= 0.3 is 6.61 Å². The summed E-state index contributed by atoms with van der Waals surface area (Å²) >= 11 is 0. The number of aryl methyl sites for hydroxylation is 1. The van der Waals surface area contributed by atoms with Gasteiger partial charge in [-0.1, -0.05) is 12.1 Å². The van der Waals surface area contributed by atoms with Crippen LogP contribution in [0.3, 0.4) is 0 Å². The van der Waals surface area contributed by atoms with Crippen LogP contribution in [0.1, 0.15) is 11.1 Å². The van der Waals surface area contributed by atoms with E-state index in [0.29, 0.717) is 17.7 Å². The van der Waals surface area contributed by atoms with Crippen LogP contribution >= 0.6 is 0 Å². The highest BCUT2D eigenvalue weighted by molar-refractivity contribution is 7.89. The van der Waals surface area contributed by atoms with E-state index in [1.165, 1.54) is 25.3 Å². The highest BCUT2D eigenvalue weighted by atomic mass is 32.2. The number of alkyl halides is 2. The van der Waals surface area contributed by atoms with Crippen LogP contribution in [0, 0.1) is 6.92 Å². The van der Waals surface area contributed by atoms with Gasteiger partial charge in [-0.2, -0.15) is 8.78 Å². The van der Waals surface area contributed by atoms with E-state index in [9.17, 15) is 17.2 Å². The fourth-order valence-electron chi connectivity index (χ4n) is 2.30. The summed E-state index contributed by atoms with van der Waals surface area (Å²) in [6, 6.07) is 10.8. The van der Waals surface area contributed by atoms with Crippen molar-refractivity contribution in [2.24, 2.45) is 0 Å². The van der Waals surface area contributed by atoms with Crippen LogP contribution < -0.4 is 14.2 Å². The van der Waals surface area contributed by atoms with E-state index < -0.39 is 16.6 Å². The molecule has 0 aromatic heterocycles. The average molecular weight is 371 g/mol. The number of halogens is 2. The first-order valence-corrected chi connectivity index (χ1v) is 8.98. The molecule has 0 heterocycles. The topological polar surface area (TPSA) is 64.6 Å². The van der Waals surface area contributed by atoms with Crippen molar-refractivity contribution >= 4 is 10.0 Å². The van der Waals surface area contributed by atoms with Crippen LogP contribution in [0.2, 0.25) is 0 Å². The Labute approximate surface area is 145 Å². The Hall–Kier alpha value is -2.19. The fraction of sp³-hybridized carbons (Fsp3) is 0.294. The molecule has 2 aromatic rings. The summed E-state index contributed by atoms with van der Waals surface area (Å²) in [5, 5.41) is 0. The molecule has 2 aromatic carbocycles. The summed E-state index contributed by atoms with van der Waals surface area (Å²) < 4.78 is 60.8. The minimum atomic E-state index is -3.64. The number of sulfonamides is 1. The van der Waals surface area contributed by atoms with E-state index in [2.05, 4.69) is 9.46 Å². The predicted molar refractivity (Wildman–Crippen MR) is 89.7 cm³/mol. The second-order valence-electron chi connectivity index (χ2n) is 5.30. The van der Waals surface area contributed by atoms with Gasteiger partial charge in [-0.15, -0.1) is 0 Å². The van der Waals surface area contributed by atoms with Gasteiger partial charge in [0.1, 0.15) is 11.5 Å². The molecule has 0 aliphatic carbocycles. The Morgan fingerprint density at radius 3 is 2.28 bits per heavy atom. The Morgan fingerprint density at radius 1 is 1.08 bits per heavy atom. The molecule has 0 radical (unpaired) electrons. The lowest BCUT2D eigenvalue weighted by molar-refractivity contribution is -0.0498. The number of ether oxygens (including phenoxy) is 2. The van der Waals surface area contributed by atoms with Crippen molar-refractivity contribution in [1.29, 1.82) is 0 Å². The van der Waals surface area contributed by atoms with Crippen molar-refractivity contribution < 1.29 is 26.7 Å². The molecule has 2 rings (SSSR count). The SMILES string of the molecule is COc1ccc(S(=O)(=O)NCCc2ccc(OC(F)F)cc2)c(C)c1. The molecule has 0 bridgehead atoms. The molecule has 0 atom stereocenters. The van der Waals surface area contributed by atoms with Gasteiger partial charge in [-0.05, 0) is 54.8 Å². The third-order valence-corrected chi connectivity index (χ3v) is 5.15. The molecule has 0 unspecified atom stereocenters. The van der Waals surface area contributed by atoms with Crippen LogP contribution in [-0.4, -0.2) is 28.7 Å². The van der Waals surface area contributed by atoms with Crippen molar-refractivity contribution in [3.05, 3.63) is 53.6 Å². The van der Waals surface area contributed by atoms with Crippen LogP contribution in [0.25, 0.3) is 0 Å². The highest BCUT2D eigenvalue weighted by Gasteiger charge is 2.16. The van der Waals surface area contributed by atoms with Crippen molar-refractivity contribution in [3.63, 3.8) is 0 Å². The number of benzene rings is 2. The second-order valence-corrected chi connectivity index (χ2v) is 7.04. The van der Waals surface area contributed by atoms with Crippen molar-refractivity contribution in [2.45, 2.75) is 24.9 Å². The van der Waals surface area contributed by atoms with Gasteiger partial charge in [0, 0.05) is 6.54 Å². The average Bonchev–Trinajstić information content (AvgIpc) is 2.55. The normalized spacial score (nSPS) is 11.6. The Bertz CT molecular complexity index is 808. The lowest BCUT2D eigenvalue weighted by Gasteiger charge is -2.11. The summed E-state index contributed by atoms with van der Waals surface area (Å²) in [6.07, 6.45) is 0.420. The summed E-state index contributed by atoms with van der Waals surface area (Å²) in [5.74, 6) is 0.649. The quantitative estimate of drug-likeness (QED) is 0.774. The third-order valence-electron chi connectivity index (χ3n) is 3.53. The first kappa shape index (κ1) is 19.1. The standard InChI is InChI=1S/C17H19F2NO4S/c1-12-11-15(23-2)7-8-16(12)25(21,22)20-10-9-13-3-5-14(6-4-13)24-17(18)19/h3-8,11,17,20H,9-10H2,1-2H3. The molecule has 0 spiro atoms. The maximum atomic E-state index is 12.4. The lowest BCUT2D eigenvalue weighted by Crippen LogP contribution is -2.26. The zero-order valence-electron chi connectivity index (χ0n) is 13.8. The van der Waals surface area contributed by atoms with Gasteiger partial charge < -0.3 is 9.47 Å². The van der Waals surface area contributed by atoms with Crippen LogP contribution in [0.15, 0.2) is 47.4 Å². The minimum Gasteiger partial charge on any atom is -0.497 e. The van der Waals surface area contributed by atoms with E-state index >= 15 is 0 Å². The molecule has 5 nitrogen and oxygen atoms in total. The van der Waals surface area contributed by atoms with E-state index in [1.807, 2.05) is 0 Å². The number of rotatable bonds is 8. The molecule has 0 aliphatic rings. The molecular formula is C17H19F2NO4S. The smallest absolute Gasteiger partial charge is 0.387 e. The zero-order chi connectivity index (χ0) is 18.4. The van der Waals surface area contributed by atoms with E-state index in [1.54, 1.807) is 31.2 Å². The van der Waals surface area contributed by atoms with Crippen molar-refractivity contribution in [3.8, 4) is 11.5 Å². The largest absolute Gasteiger partial charge is 0.497 e. The van der Waals surface area contributed by atoms with E-state index in [0.717, 1.165) is 5.56 Å². The maximum absolute atomic E-state index is 12.4. The molecule has 0 fully saturated rings. The maximum Gasteiger partial charge on any atom is 0.387 e. The van der Waals surface area contributed by atoms with Gasteiger partial charge in [0.15, 0.2) is 0 Å². The molecular weight excluding hydrogens is 352 g/mol. The zero-order valence-corrected chi connectivity index (χ0v) is 14.6. The van der Waals surface area contributed by atoms with Crippen LogP contribution in [0.5, 0.6) is 11.5 Å². The molecule has 0 amide bonds.